The number of nitrogens with zero attached hydrogens (tertiary/aromatic N) is 3. The molecule has 28 heavy (non-hydrogen) atoms. The molecule has 0 aliphatic carbocycles. The van der Waals surface area contributed by atoms with Crippen molar-refractivity contribution in [1.29, 1.82) is 0 Å². The van der Waals surface area contributed by atoms with E-state index in [0.29, 0.717) is 19.0 Å². The van der Waals surface area contributed by atoms with Crippen molar-refractivity contribution in [2.45, 2.75) is 78.5 Å². The van der Waals surface area contributed by atoms with Gasteiger partial charge < -0.3 is 20.1 Å². The minimum atomic E-state index is -0.747. The third-order valence-corrected chi connectivity index (χ3v) is 5.21. The summed E-state index contributed by atoms with van der Waals surface area (Å²) in [5, 5.41) is 7.54. The van der Waals surface area contributed by atoms with Gasteiger partial charge in [-0.2, -0.15) is 0 Å². The van der Waals surface area contributed by atoms with E-state index in [1.807, 2.05) is 54.7 Å². The molecule has 2 heterocycles. The highest BCUT2D eigenvalue weighted by Gasteiger charge is 2.49. The molecule has 0 aromatic carbocycles. The summed E-state index contributed by atoms with van der Waals surface area (Å²) in [4.78, 5) is 24.3. The van der Waals surface area contributed by atoms with Crippen LogP contribution in [0.5, 0.6) is 0 Å². The molecule has 0 spiro atoms. The molecule has 0 saturated carbocycles. The first-order chi connectivity index (χ1) is 12.9. The number of amides is 1. The molecule has 2 N–H and O–H groups in total. The quantitative estimate of drug-likeness (QED) is 0.585. The lowest BCUT2D eigenvalue weighted by atomic mass is 10.1. The Kier molecular flexibility index (Phi) is 6.93. The molecular weight excluding hydrogens is 378 g/mol. The van der Waals surface area contributed by atoms with Gasteiger partial charge in [-0.15, -0.1) is 11.3 Å². The van der Waals surface area contributed by atoms with Crippen LogP contribution in [0.1, 0.15) is 51.4 Å². The van der Waals surface area contributed by atoms with Crippen molar-refractivity contribution in [1.82, 2.24) is 20.5 Å². The van der Waals surface area contributed by atoms with E-state index in [-0.39, 0.29) is 18.2 Å². The Bertz CT molecular complexity index is 711. The zero-order valence-electron chi connectivity index (χ0n) is 18.1. The third kappa shape index (κ3) is 5.81. The van der Waals surface area contributed by atoms with Crippen molar-refractivity contribution < 1.29 is 14.3 Å². The molecule has 2 rings (SSSR count). The monoisotopic (exact) mass is 411 g/mol. The maximum Gasteiger partial charge on any atom is 0.412 e. The summed E-state index contributed by atoms with van der Waals surface area (Å²) in [7, 11) is 1.71. The number of thiazole rings is 1. The Balaban J connectivity index is 2.01. The molecule has 158 valence electrons. The van der Waals surface area contributed by atoms with E-state index in [2.05, 4.69) is 20.6 Å². The molecule has 1 aliphatic rings. The van der Waals surface area contributed by atoms with Gasteiger partial charge in [0.05, 0.1) is 18.7 Å². The number of hydrogen-bond donors (Lipinski definition) is 2. The minimum absolute atomic E-state index is 0.144. The van der Waals surface area contributed by atoms with Gasteiger partial charge in [0.2, 0.25) is 0 Å². The number of carbonyl (C=O) groups excluding carboxylic acids is 1. The second-order valence-electron chi connectivity index (χ2n) is 8.36. The first kappa shape index (κ1) is 22.4. The molecule has 1 aromatic rings. The van der Waals surface area contributed by atoms with Gasteiger partial charge in [-0.1, -0.05) is 0 Å². The molecule has 8 nitrogen and oxygen atoms in total. The SMILES string of the molecule is CN=C(NCc1ncc(C)s1)NCC1C(C)OC(C)(C)N1C(=O)OC(C)(C)C. The van der Waals surface area contributed by atoms with Gasteiger partial charge >= 0.3 is 6.09 Å². The first-order valence-corrected chi connectivity index (χ1v) is 10.3. The molecule has 1 fully saturated rings. The van der Waals surface area contributed by atoms with Crippen molar-refractivity contribution in [3.63, 3.8) is 0 Å². The van der Waals surface area contributed by atoms with E-state index in [9.17, 15) is 4.79 Å². The Morgan fingerprint density at radius 1 is 1.43 bits per heavy atom. The van der Waals surface area contributed by atoms with Gasteiger partial charge in [0.15, 0.2) is 5.96 Å². The Hall–Kier alpha value is -1.87. The predicted molar refractivity (Wildman–Crippen MR) is 112 cm³/mol. The number of aromatic nitrogens is 1. The van der Waals surface area contributed by atoms with Crippen LogP contribution in [-0.2, 0) is 16.0 Å². The Labute approximate surface area is 171 Å². The predicted octanol–water partition coefficient (Wildman–Crippen LogP) is 2.88. The van der Waals surface area contributed by atoms with Gasteiger partial charge in [0.25, 0.3) is 0 Å². The standard InChI is InChI=1S/C19H33N5O3S/c1-12-9-21-15(28-12)11-23-16(20-8)22-10-14-13(2)26-19(6,7)24(14)17(25)27-18(3,4)5/h9,13-14H,10-11H2,1-8H3,(H2,20,22,23). The number of carbonyl (C=O) groups is 1. The lowest BCUT2D eigenvalue weighted by Crippen LogP contribution is -2.54. The van der Waals surface area contributed by atoms with Crippen molar-refractivity contribution >= 4 is 23.4 Å². The molecule has 1 saturated heterocycles. The number of nitrogens with one attached hydrogen (secondary N) is 2. The maximum atomic E-state index is 12.8. The normalized spacial score (nSPS) is 22.3. The summed E-state index contributed by atoms with van der Waals surface area (Å²) in [6.07, 6.45) is 1.33. The number of guanidine groups is 1. The van der Waals surface area contributed by atoms with Crippen LogP contribution in [-0.4, -0.2) is 59.0 Å². The van der Waals surface area contributed by atoms with E-state index in [0.717, 1.165) is 5.01 Å². The molecule has 1 aromatic heterocycles. The van der Waals surface area contributed by atoms with Crippen molar-refractivity contribution in [3.05, 3.63) is 16.1 Å². The number of aliphatic imine (C=N–C) groups is 1. The molecular formula is C19H33N5O3S. The largest absolute Gasteiger partial charge is 0.444 e. The van der Waals surface area contributed by atoms with Gasteiger partial charge in [-0.3, -0.25) is 9.89 Å². The fraction of sp³-hybridized carbons (Fsp3) is 0.737. The van der Waals surface area contributed by atoms with E-state index >= 15 is 0 Å². The van der Waals surface area contributed by atoms with Crippen LogP contribution in [0.3, 0.4) is 0 Å². The smallest absolute Gasteiger partial charge is 0.412 e. The van der Waals surface area contributed by atoms with Gasteiger partial charge in [-0.25, -0.2) is 9.78 Å². The third-order valence-electron chi connectivity index (χ3n) is 4.30. The molecule has 9 heteroatoms. The average Bonchev–Trinajstić information content (AvgIpc) is 3.05. The Morgan fingerprint density at radius 3 is 2.64 bits per heavy atom. The van der Waals surface area contributed by atoms with E-state index in [1.165, 1.54) is 4.88 Å². The number of ether oxygens (including phenoxy) is 2. The lowest BCUT2D eigenvalue weighted by molar-refractivity contribution is -0.0755. The summed E-state index contributed by atoms with van der Waals surface area (Å²) in [5.74, 6) is 0.647. The van der Waals surface area contributed by atoms with Crippen LogP contribution in [0.25, 0.3) is 0 Å². The first-order valence-electron chi connectivity index (χ1n) is 9.49. The number of aryl methyl sites for hydroxylation is 1. The fourth-order valence-electron chi connectivity index (χ4n) is 3.19. The number of rotatable bonds is 4. The maximum absolute atomic E-state index is 12.8. The molecule has 1 aliphatic heterocycles. The highest BCUT2D eigenvalue weighted by molar-refractivity contribution is 7.11. The molecule has 1 amide bonds. The van der Waals surface area contributed by atoms with Gasteiger partial charge in [-0.05, 0) is 48.5 Å². The summed E-state index contributed by atoms with van der Waals surface area (Å²) in [6.45, 7) is 14.4. The van der Waals surface area contributed by atoms with E-state index in [4.69, 9.17) is 9.47 Å². The van der Waals surface area contributed by atoms with Crippen molar-refractivity contribution in [2.24, 2.45) is 4.99 Å². The van der Waals surface area contributed by atoms with E-state index < -0.39 is 11.3 Å². The topological polar surface area (TPSA) is 88.1 Å². The van der Waals surface area contributed by atoms with Crippen LogP contribution in [0.4, 0.5) is 4.79 Å². The molecule has 2 unspecified atom stereocenters. The van der Waals surface area contributed by atoms with Gasteiger partial charge in [0.1, 0.15) is 16.3 Å². The lowest BCUT2D eigenvalue weighted by Gasteiger charge is -2.35. The molecule has 2 atom stereocenters. The fourth-order valence-corrected chi connectivity index (χ4v) is 3.91. The second kappa shape index (κ2) is 8.65. The minimum Gasteiger partial charge on any atom is -0.444 e. The highest BCUT2D eigenvalue weighted by atomic mass is 32.1. The molecule has 0 radical (unpaired) electrons. The van der Waals surface area contributed by atoms with Crippen LogP contribution < -0.4 is 10.6 Å². The number of hydrogen-bond acceptors (Lipinski definition) is 6. The van der Waals surface area contributed by atoms with Crippen LogP contribution >= 0.6 is 11.3 Å². The van der Waals surface area contributed by atoms with Crippen LogP contribution in [0, 0.1) is 6.92 Å². The zero-order valence-corrected chi connectivity index (χ0v) is 18.9. The van der Waals surface area contributed by atoms with Gasteiger partial charge in [0, 0.05) is 24.7 Å². The van der Waals surface area contributed by atoms with Crippen molar-refractivity contribution in [3.8, 4) is 0 Å². The second-order valence-corrected chi connectivity index (χ2v) is 9.68. The van der Waals surface area contributed by atoms with Crippen LogP contribution in [0.2, 0.25) is 0 Å². The summed E-state index contributed by atoms with van der Waals surface area (Å²) in [6, 6.07) is -0.189. The summed E-state index contributed by atoms with van der Waals surface area (Å²) in [5.41, 5.74) is -1.32. The zero-order chi connectivity index (χ0) is 21.1. The van der Waals surface area contributed by atoms with E-state index in [1.54, 1.807) is 23.3 Å². The van der Waals surface area contributed by atoms with Crippen LogP contribution in [0.15, 0.2) is 11.2 Å². The molecule has 0 bridgehead atoms. The Morgan fingerprint density at radius 2 is 2.11 bits per heavy atom. The van der Waals surface area contributed by atoms with Crippen molar-refractivity contribution in [2.75, 3.05) is 13.6 Å². The summed E-state index contributed by atoms with van der Waals surface area (Å²) < 4.78 is 11.6. The highest BCUT2D eigenvalue weighted by Crippen LogP contribution is 2.33. The summed E-state index contributed by atoms with van der Waals surface area (Å²) >= 11 is 1.65. The average molecular weight is 412 g/mol.